The highest BCUT2D eigenvalue weighted by Gasteiger charge is 2.33. The van der Waals surface area contributed by atoms with Crippen LogP contribution >= 0.6 is 0 Å². The number of likely N-dealkylation sites (N-methyl/N-ethyl adjacent to an activating group) is 1. The molecule has 0 heterocycles. The first-order valence-corrected chi connectivity index (χ1v) is 8.37. The molecule has 1 aromatic carbocycles. The third kappa shape index (κ3) is 3.63. The van der Waals surface area contributed by atoms with Crippen LogP contribution in [-0.4, -0.2) is 13.1 Å². The van der Waals surface area contributed by atoms with Crippen LogP contribution in [0.2, 0.25) is 0 Å². The van der Waals surface area contributed by atoms with Crippen molar-refractivity contribution in [3.05, 3.63) is 35.9 Å². The van der Waals surface area contributed by atoms with E-state index in [1.807, 2.05) is 0 Å². The second kappa shape index (κ2) is 7.26. The van der Waals surface area contributed by atoms with Crippen molar-refractivity contribution in [1.82, 2.24) is 5.32 Å². The molecular formula is C19H31N. The van der Waals surface area contributed by atoms with Gasteiger partial charge in [-0.3, -0.25) is 0 Å². The van der Waals surface area contributed by atoms with E-state index in [1.165, 1.54) is 31.2 Å². The maximum absolute atomic E-state index is 3.66. The first-order chi connectivity index (χ1) is 9.65. The second-order valence-corrected chi connectivity index (χ2v) is 6.92. The van der Waals surface area contributed by atoms with E-state index in [0.29, 0.717) is 12.0 Å². The van der Waals surface area contributed by atoms with Crippen molar-refractivity contribution in [3.8, 4) is 0 Å². The maximum atomic E-state index is 3.66. The lowest BCUT2D eigenvalue weighted by molar-refractivity contribution is 0.164. The van der Waals surface area contributed by atoms with Crippen molar-refractivity contribution in [2.24, 2.45) is 17.8 Å². The van der Waals surface area contributed by atoms with Gasteiger partial charge in [0.15, 0.2) is 0 Å². The van der Waals surface area contributed by atoms with Gasteiger partial charge in [0, 0.05) is 6.04 Å². The van der Waals surface area contributed by atoms with Crippen molar-refractivity contribution < 1.29 is 0 Å². The first kappa shape index (κ1) is 15.6. The molecule has 20 heavy (non-hydrogen) atoms. The van der Waals surface area contributed by atoms with Gasteiger partial charge in [0.05, 0.1) is 0 Å². The lowest BCUT2D eigenvalue weighted by atomic mass is 9.69. The normalized spacial score (nSPS) is 29.9. The van der Waals surface area contributed by atoms with E-state index in [-0.39, 0.29) is 0 Å². The van der Waals surface area contributed by atoms with Gasteiger partial charge in [0.25, 0.3) is 0 Å². The first-order valence-electron chi connectivity index (χ1n) is 8.37. The predicted molar refractivity (Wildman–Crippen MR) is 88.0 cm³/mol. The Morgan fingerprint density at radius 1 is 1.05 bits per heavy atom. The molecule has 0 amide bonds. The van der Waals surface area contributed by atoms with Crippen LogP contribution in [0.15, 0.2) is 30.3 Å². The molecule has 0 radical (unpaired) electrons. The minimum Gasteiger partial charge on any atom is -0.316 e. The minimum absolute atomic E-state index is 0.618. The highest BCUT2D eigenvalue weighted by atomic mass is 14.9. The van der Waals surface area contributed by atoms with Gasteiger partial charge in [-0.25, -0.2) is 0 Å². The Morgan fingerprint density at radius 2 is 1.65 bits per heavy atom. The van der Waals surface area contributed by atoms with Gasteiger partial charge in [-0.2, -0.15) is 0 Å². The number of rotatable bonds is 5. The summed E-state index contributed by atoms with van der Waals surface area (Å²) in [4.78, 5) is 0. The van der Waals surface area contributed by atoms with E-state index < -0.39 is 0 Å². The lowest BCUT2D eigenvalue weighted by Gasteiger charge is -2.40. The maximum Gasteiger partial charge on any atom is 0.0161 e. The monoisotopic (exact) mass is 273 g/mol. The van der Waals surface area contributed by atoms with E-state index >= 15 is 0 Å². The molecule has 0 bridgehead atoms. The Labute approximate surface area is 125 Å². The van der Waals surface area contributed by atoms with Gasteiger partial charge in [0.2, 0.25) is 0 Å². The summed E-state index contributed by atoms with van der Waals surface area (Å²) in [6.07, 6.45) is 5.40. The molecule has 2 rings (SSSR count). The van der Waals surface area contributed by atoms with Crippen molar-refractivity contribution in [2.45, 2.75) is 58.4 Å². The van der Waals surface area contributed by atoms with Crippen molar-refractivity contribution in [3.63, 3.8) is 0 Å². The van der Waals surface area contributed by atoms with Gasteiger partial charge in [-0.15, -0.1) is 0 Å². The van der Waals surface area contributed by atoms with Gasteiger partial charge < -0.3 is 5.32 Å². The number of benzene rings is 1. The molecule has 4 unspecified atom stereocenters. The summed E-state index contributed by atoms with van der Waals surface area (Å²) in [5.41, 5.74) is 1.50. The van der Waals surface area contributed by atoms with Crippen molar-refractivity contribution in [2.75, 3.05) is 7.05 Å². The Kier molecular flexibility index (Phi) is 5.65. The van der Waals surface area contributed by atoms with Crippen LogP contribution in [0.25, 0.3) is 0 Å². The molecule has 1 heteroatoms. The Balaban J connectivity index is 2.17. The topological polar surface area (TPSA) is 12.0 Å². The van der Waals surface area contributed by atoms with Crippen LogP contribution in [0.1, 0.15) is 57.9 Å². The van der Waals surface area contributed by atoms with Gasteiger partial charge in [0.1, 0.15) is 0 Å². The van der Waals surface area contributed by atoms with E-state index in [1.54, 1.807) is 0 Å². The summed E-state index contributed by atoms with van der Waals surface area (Å²) >= 11 is 0. The summed E-state index contributed by atoms with van der Waals surface area (Å²) in [6.45, 7) is 7.19. The molecule has 1 nitrogen and oxygen atoms in total. The third-order valence-corrected chi connectivity index (χ3v) is 5.16. The van der Waals surface area contributed by atoms with E-state index in [4.69, 9.17) is 0 Å². The van der Waals surface area contributed by atoms with Crippen LogP contribution in [0.5, 0.6) is 0 Å². The molecule has 0 saturated heterocycles. The minimum atomic E-state index is 0.618. The highest BCUT2D eigenvalue weighted by Crippen LogP contribution is 2.39. The molecule has 0 aliphatic heterocycles. The molecule has 112 valence electrons. The molecule has 1 aliphatic rings. The van der Waals surface area contributed by atoms with Crippen LogP contribution in [0.3, 0.4) is 0 Å². The molecule has 1 saturated carbocycles. The molecule has 1 aliphatic carbocycles. The van der Waals surface area contributed by atoms with Crippen LogP contribution < -0.4 is 5.32 Å². The Hall–Kier alpha value is -0.820. The summed E-state index contributed by atoms with van der Waals surface area (Å²) in [7, 11) is 2.15. The second-order valence-electron chi connectivity index (χ2n) is 6.92. The SMILES string of the molecule is CCC(c1ccccc1)C(NC)C1CC(C)CC(C)C1. The fourth-order valence-electron chi connectivity index (χ4n) is 4.47. The molecule has 1 fully saturated rings. The molecule has 4 atom stereocenters. The molecule has 1 aromatic rings. The van der Waals surface area contributed by atoms with E-state index in [9.17, 15) is 0 Å². The predicted octanol–water partition coefficient (Wildman–Crippen LogP) is 4.84. The molecule has 1 N–H and O–H groups in total. The standard InChI is InChI=1S/C19H31N/c1-5-18(16-9-7-6-8-10-16)19(20-4)17-12-14(2)11-15(3)13-17/h6-10,14-15,17-20H,5,11-13H2,1-4H3. The quantitative estimate of drug-likeness (QED) is 0.809. The number of hydrogen-bond acceptors (Lipinski definition) is 1. The van der Waals surface area contributed by atoms with Crippen molar-refractivity contribution >= 4 is 0 Å². The highest BCUT2D eigenvalue weighted by molar-refractivity contribution is 5.21. The van der Waals surface area contributed by atoms with E-state index in [0.717, 1.165) is 17.8 Å². The molecule has 0 aromatic heterocycles. The largest absolute Gasteiger partial charge is 0.316 e. The van der Waals surface area contributed by atoms with Crippen molar-refractivity contribution in [1.29, 1.82) is 0 Å². The smallest absolute Gasteiger partial charge is 0.0161 e. The number of hydrogen-bond donors (Lipinski definition) is 1. The Bertz CT molecular complexity index is 376. The molecular weight excluding hydrogens is 242 g/mol. The zero-order valence-electron chi connectivity index (χ0n) is 13.6. The summed E-state index contributed by atoms with van der Waals surface area (Å²) in [5, 5.41) is 3.66. The average Bonchev–Trinajstić information content (AvgIpc) is 2.44. The summed E-state index contributed by atoms with van der Waals surface area (Å²) in [6, 6.07) is 11.7. The summed E-state index contributed by atoms with van der Waals surface area (Å²) < 4.78 is 0. The lowest BCUT2D eigenvalue weighted by Crippen LogP contribution is -2.42. The van der Waals surface area contributed by atoms with Gasteiger partial charge in [-0.1, -0.05) is 51.1 Å². The summed E-state index contributed by atoms with van der Waals surface area (Å²) in [5.74, 6) is 3.23. The van der Waals surface area contributed by atoms with Crippen LogP contribution in [-0.2, 0) is 0 Å². The zero-order valence-corrected chi connectivity index (χ0v) is 13.6. The third-order valence-electron chi connectivity index (χ3n) is 5.16. The fourth-order valence-corrected chi connectivity index (χ4v) is 4.47. The fraction of sp³-hybridized carbons (Fsp3) is 0.684. The van der Waals surface area contributed by atoms with Crippen LogP contribution in [0, 0.1) is 17.8 Å². The zero-order chi connectivity index (χ0) is 14.5. The van der Waals surface area contributed by atoms with Crippen LogP contribution in [0.4, 0.5) is 0 Å². The van der Waals surface area contributed by atoms with Gasteiger partial charge in [-0.05, 0) is 62.0 Å². The number of nitrogens with one attached hydrogen (secondary N) is 1. The Morgan fingerprint density at radius 3 is 2.15 bits per heavy atom. The average molecular weight is 273 g/mol. The van der Waals surface area contributed by atoms with E-state index in [2.05, 4.69) is 63.5 Å². The molecule has 0 spiro atoms. The van der Waals surface area contributed by atoms with Gasteiger partial charge >= 0.3 is 0 Å².